The van der Waals surface area contributed by atoms with Crippen LogP contribution < -0.4 is 5.73 Å². The lowest BCUT2D eigenvalue weighted by Gasteiger charge is -2.21. The highest BCUT2D eigenvalue weighted by Gasteiger charge is 2.20. The van der Waals surface area contributed by atoms with Crippen LogP contribution in [0.2, 0.25) is 0 Å². The van der Waals surface area contributed by atoms with Gasteiger partial charge in [-0.1, -0.05) is 37.3 Å². The van der Waals surface area contributed by atoms with Gasteiger partial charge in [-0.05, 0) is 11.5 Å². The summed E-state index contributed by atoms with van der Waals surface area (Å²) < 4.78 is 0. The molecule has 0 saturated carbocycles. The molecule has 1 fully saturated rings. The minimum absolute atomic E-state index is 0.198. The Morgan fingerprint density at radius 1 is 1.28 bits per heavy atom. The summed E-state index contributed by atoms with van der Waals surface area (Å²) in [7, 11) is 0. The molecule has 0 aliphatic carbocycles. The van der Waals surface area contributed by atoms with Gasteiger partial charge in [0.1, 0.15) is 0 Å². The van der Waals surface area contributed by atoms with E-state index in [0.29, 0.717) is 5.92 Å². The van der Waals surface area contributed by atoms with Gasteiger partial charge in [0.25, 0.3) is 0 Å². The molecule has 3 N–H and O–H groups in total. The monoisotopic (exact) mass is 246 g/mol. The summed E-state index contributed by atoms with van der Waals surface area (Å²) >= 11 is 0. The summed E-state index contributed by atoms with van der Waals surface area (Å²) in [6.45, 7) is 6.99. The second-order valence-electron chi connectivity index (χ2n) is 5.16. The third-order valence-electron chi connectivity index (χ3n) is 3.38. The number of hydrogen-bond acceptors (Lipinski definition) is 2. The van der Waals surface area contributed by atoms with Crippen LogP contribution in [-0.4, -0.2) is 41.9 Å². The van der Waals surface area contributed by atoms with E-state index in [0.717, 1.165) is 32.7 Å². The molecular weight excluding hydrogens is 224 g/mol. The molecule has 18 heavy (non-hydrogen) atoms. The Morgan fingerprint density at radius 2 is 2.00 bits per heavy atom. The highest BCUT2D eigenvalue weighted by atomic mass is 15.3. The van der Waals surface area contributed by atoms with Crippen molar-refractivity contribution in [3.63, 3.8) is 0 Å². The van der Waals surface area contributed by atoms with Crippen LogP contribution in [0.15, 0.2) is 30.3 Å². The van der Waals surface area contributed by atoms with E-state index in [4.69, 9.17) is 11.1 Å². The number of hydrogen-bond donors (Lipinski definition) is 2. The zero-order chi connectivity index (χ0) is 13.0. The molecule has 1 unspecified atom stereocenters. The van der Waals surface area contributed by atoms with Gasteiger partial charge < -0.3 is 10.6 Å². The van der Waals surface area contributed by atoms with Crippen LogP contribution in [0.4, 0.5) is 0 Å². The largest absolute Gasteiger partial charge is 0.370 e. The molecule has 1 heterocycles. The molecular formula is C14H22N4. The third-order valence-corrected chi connectivity index (χ3v) is 3.38. The third kappa shape index (κ3) is 3.47. The molecule has 4 nitrogen and oxygen atoms in total. The second-order valence-corrected chi connectivity index (χ2v) is 5.16. The standard InChI is InChI=1S/C14H22N4/c1-12-9-17(7-8-18(10-12)14(15)16)11-13-5-3-2-4-6-13/h2-6,12H,7-11H2,1H3,(H3,15,16). The van der Waals surface area contributed by atoms with Crippen LogP contribution >= 0.6 is 0 Å². The van der Waals surface area contributed by atoms with E-state index in [1.165, 1.54) is 5.56 Å². The van der Waals surface area contributed by atoms with Crippen molar-refractivity contribution in [1.29, 1.82) is 5.41 Å². The predicted molar refractivity (Wildman–Crippen MR) is 74.4 cm³/mol. The minimum atomic E-state index is 0.198. The zero-order valence-corrected chi connectivity index (χ0v) is 11.0. The van der Waals surface area contributed by atoms with E-state index in [1.807, 2.05) is 11.0 Å². The molecule has 0 bridgehead atoms. The van der Waals surface area contributed by atoms with Crippen molar-refractivity contribution in [2.45, 2.75) is 13.5 Å². The molecule has 1 atom stereocenters. The Labute approximate surface area is 109 Å². The fourth-order valence-electron chi connectivity index (χ4n) is 2.52. The molecule has 98 valence electrons. The molecule has 0 radical (unpaired) electrons. The Bertz CT molecular complexity index is 390. The first-order valence-electron chi connectivity index (χ1n) is 6.50. The number of nitrogens with zero attached hydrogens (tertiary/aromatic N) is 2. The molecule has 0 spiro atoms. The Kier molecular flexibility index (Phi) is 4.20. The van der Waals surface area contributed by atoms with Gasteiger partial charge >= 0.3 is 0 Å². The first-order chi connectivity index (χ1) is 8.65. The van der Waals surface area contributed by atoms with Gasteiger partial charge in [0, 0.05) is 32.7 Å². The average molecular weight is 246 g/mol. The lowest BCUT2D eigenvalue weighted by Crippen LogP contribution is -2.40. The lowest BCUT2D eigenvalue weighted by molar-refractivity contribution is 0.256. The van der Waals surface area contributed by atoms with E-state index < -0.39 is 0 Å². The number of nitrogens with two attached hydrogens (primary N) is 1. The predicted octanol–water partition coefficient (Wildman–Crippen LogP) is 1.33. The highest BCUT2D eigenvalue weighted by Crippen LogP contribution is 2.12. The van der Waals surface area contributed by atoms with Crippen molar-refractivity contribution in [1.82, 2.24) is 9.80 Å². The molecule has 2 rings (SSSR count). The van der Waals surface area contributed by atoms with Crippen molar-refractivity contribution in [3.8, 4) is 0 Å². The molecule has 1 aromatic carbocycles. The first kappa shape index (κ1) is 12.9. The first-order valence-corrected chi connectivity index (χ1v) is 6.50. The summed E-state index contributed by atoms with van der Waals surface area (Å²) in [5, 5.41) is 7.55. The zero-order valence-electron chi connectivity index (χ0n) is 11.0. The van der Waals surface area contributed by atoms with Gasteiger partial charge in [-0.15, -0.1) is 0 Å². The quantitative estimate of drug-likeness (QED) is 0.611. The summed E-state index contributed by atoms with van der Waals surface area (Å²) in [6, 6.07) is 10.5. The summed E-state index contributed by atoms with van der Waals surface area (Å²) in [5.41, 5.74) is 6.94. The van der Waals surface area contributed by atoms with E-state index in [9.17, 15) is 0 Å². The molecule has 1 aliphatic rings. The topological polar surface area (TPSA) is 56.4 Å². The smallest absolute Gasteiger partial charge is 0.188 e. The van der Waals surface area contributed by atoms with Crippen LogP contribution in [0.5, 0.6) is 0 Å². The Hall–Kier alpha value is -1.55. The van der Waals surface area contributed by atoms with Crippen LogP contribution in [0.3, 0.4) is 0 Å². The van der Waals surface area contributed by atoms with Crippen molar-refractivity contribution in [3.05, 3.63) is 35.9 Å². The van der Waals surface area contributed by atoms with E-state index in [2.05, 4.69) is 36.1 Å². The van der Waals surface area contributed by atoms with Crippen molar-refractivity contribution < 1.29 is 0 Å². The lowest BCUT2D eigenvalue weighted by atomic mass is 10.1. The Balaban J connectivity index is 1.96. The normalized spacial score (nSPS) is 21.6. The number of nitrogens with one attached hydrogen (secondary N) is 1. The molecule has 1 aromatic rings. The van der Waals surface area contributed by atoms with Gasteiger partial charge in [0.05, 0.1) is 0 Å². The summed E-state index contributed by atoms with van der Waals surface area (Å²) in [4.78, 5) is 4.42. The fraction of sp³-hybridized carbons (Fsp3) is 0.500. The van der Waals surface area contributed by atoms with E-state index >= 15 is 0 Å². The maximum Gasteiger partial charge on any atom is 0.188 e. The van der Waals surface area contributed by atoms with Crippen LogP contribution in [0.25, 0.3) is 0 Å². The summed E-state index contributed by atoms with van der Waals surface area (Å²) in [5.74, 6) is 0.739. The number of benzene rings is 1. The SMILES string of the molecule is CC1CN(Cc2ccccc2)CCN(C(=N)N)C1. The highest BCUT2D eigenvalue weighted by molar-refractivity contribution is 5.74. The van der Waals surface area contributed by atoms with Crippen molar-refractivity contribution in [2.75, 3.05) is 26.2 Å². The van der Waals surface area contributed by atoms with Gasteiger partial charge in [-0.3, -0.25) is 10.3 Å². The van der Waals surface area contributed by atoms with E-state index in [-0.39, 0.29) is 5.96 Å². The van der Waals surface area contributed by atoms with Gasteiger partial charge in [-0.2, -0.15) is 0 Å². The van der Waals surface area contributed by atoms with Gasteiger partial charge in [0.15, 0.2) is 5.96 Å². The van der Waals surface area contributed by atoms with Crippen molar-refractivity contribution >= 4 is 5.96 Å². The summed E-state index contributed by atoms with van der Waals surface area (Å²) in [6.07, 6.45) is 0. The van der Waals surface area contributed by atoms with Crippen LogP contribution in [0, 0.1) is 11.3 Å². The Morgan fingerprint density at radius 3 is 2.67 bits per heavy atom. The molecule has 4 heteroatoms. The molecule has 0 aromatic heterocycles. The number of rotatable bonds is 2. The molecule has 0 amide bonds. The van der Waals surface area contributed by atoms with Crippen LogP contribution in [-0.2, 0) is 6.54 Å². The number of guanidine groups is 1. The van der Waals surface area contributed by atoms with Gasteiger partial charge in [-0.25, -0.2) is 0 Å². The molecule has 1 saturated heterocycles. The second kappa shape index (κ2) is 5.87. The van der Waals surface area contributed by atoms with Crippen LogP contribution in [0.1, 0.15) is 12.5 Å². The average Bonchev–Trinajstić information content (AvgIpc) is 2.52. The van der Waals surface area contributed by atoms with Crippen molar-refractivity contribution in [2.24, 2.45) is 11.7 Å². The maximum absolute atomic E-state index is 7.55. The van der Waals surface area contributed by atoms with E-state index in [1.54, 1.807) is 0 Å². The maximum atomic E-state index is 7.55. The molecule has 1 aliphatic heterocycles. The minimum Gasteiger partial charge on any atom is -0.370 e. The van der Waals surface area contributed by atoms with Gasteiger partial charge in [0.2, 0.25) is 0 Å². The fourth-order valence-corrected chi connectivity index (χ4v) is 2.52.